The van der Waals surface area contributed by atoms with Crippen molar-refractivity contribution in [3.05, 3.63) is 28.2 Å². The highest BCUT2D eigenvalue weighted by molar-refractivity contribution is 6.35. The third kappa shape index (κ3) is 4.00. The minimum atomic E-state index is -0.718. The normalized spacial score (nSPS) is 19.6. The largest absolute Gasteiger partial charge is 0.491 e. The summed E-state index contributed by atoms with van der Waals surface area (Å²) in [4.78, 5) is 12.9. The Bertz CT molecular complexity index is 467. The van der Waals surface area contributed by atoms with E-state index < -0.39 is 5.97 Å². The van der Waals surface area contributed by atoms with Crippen LogP contribution >= 0.6 is 23.2 Å². The zero-order chi connectivity index (χ0) is 13.8. The van der Waals surface area contributed by atoms with E-state index in [1.54, 1.807) is 18.2 Å². The topological polar surface area (TPSA) is 49.8 Å². The molecule has 1 aliphatic rings. The highest BCUT2D eigenvalue weighted by atomic mass is 35.5. The summed E-state index contributed by atoms with van der Waals surface area (Å²) < 4.78 is 5.57. The molecule has 0 unspecified atom stereocenters. The molecular formula is C13H15Cl2NO3. The second-order valence-electron chi connectivity index (χ2n) is 4.55. The van der Waals surface area contributed by atoms with Gasteiger partial charge in [0.05, 0.1) is 10.9 Å². The molecule has 1 aromatic rings. The lowest BCUT2D eigenvalue weighted by Gasteiger charge is -2.16. The second-order valence-corrected chi connectivity index (χ2v) is 5.39. The fourth-order valence-corrected chi connectivity index (χ4v) is 2.58. The Morgan fingerprint density at radius 2 is 2.26 bits per heavy atom. The van der Waals surface area contributed by atoms with Crippen molar-refractivity contribution in [1.29, 1.82) is 0 Å². The summed E-state index contributed by atoms with van der Waals surface area (Å²) in [5, 5.41) is 9.96. The van der Waals surface area contributed by atoms with Crippen molar-refractivity contribution < 1.29 is 14.6 Å². The first kappa shape index (κ1) is 14.4. The number of benzene rings is 1. The molecular weight excluding hydrogens is 289 g/mol. The maximum Gasteiger partial charge on any atom is 0.307 e. The number of carboxylic acids is 1. The summed E-state index contributed by atoms with van der Waals surface area (Å²) in [5.74, 6) is -0.372. The molecule has 104 valence electrons. The number of carbonyl (C=O) groups is 1. The molecule has 0 aliphatic carbocycles. The molecule has 1 aromatic carbocycles. The Balaban J connectivity index is 1.77. The average Bonchev–Trinajstić information content (AvgIpc) is 2.81. The molecule has 19 heavy (non-hydrogen) atoms. The lowest BCUT2D eigenvalue weighted by Crippen LogP contribution is -2.27. The minimum absolute atomic E-state index is 0.251. The van der Waals surface area contributed by atoms with Crippen molar-refractivity contribution in [2.75, 3.05) is 26.2 Å². The zero-order valence-corrected chi connectivity index (χ0v) is 11.8. The van der Waals surface area contributed by atoms with Crippen molar-refractivity contribution in [1.82, 2.24) is 4.90 Å². The average molecular weight is 304 g/mol. The predicted octanol–water partition coefficient (Wildman–Crippen LogP) is 2.78. The number of halogens is 2. The third-order valence-electron chi connectivity index (χ3n) is 3.18. The quantitative estimate of drug-likeness (QED) is 0.909. The number of hydrogen-bond acceptors (Lipinski definition) is 3. The van der Waals surface area contributed by atoms with Crippen LogP contribution < -0.4 is 4.74 Å². The predicted molar refractivity (Wildman–Crippen MR) is 74.1 cm³/mol. The van der Waals surface area contributed by atoms with E-state index in [1.165, 1.54) is 0 Å². The standard InChI is InChI=1S/C13H15Cl2NO3/c14-10-1-2-12(11(15)7-10)19-6-5-16-4-3-9(8-16)13(17)18/h1-2,7,9H,3-6,8H2,(H,17,18)/t9-/m1/s1. The van der Waals surface area contributed by atoms with E-state index in [-0.39, 0.29) is 5.92 Å². The molecule has 1 N–H and O–H groups in total. The monoisotopic (exact) mass is 303 g/mol. The molecule has 0 amide bonds. The Kier molecular flexibility index (Phi) is 4.91. The van der Waals surface area contributed by atoms with Gasteiger partial charge in [-0.05, 0) is 31.2 Å². The molecule has 1 atom stereocenters. The van der Waals surface area contributed by atoms with Gasteiger partial charge in [-0.1, -0.05) is 23.2 Å². The van der Waals surface area contributed by atoms with Crippen LogP contribution in [0.3, 0.4) is 0 Å². The zero-order valence-electron chi connectivity index (χ0n) is 10.3. The Morgan fingerprint density at radius 1 is 1.47 bits per heavy atom. The summed E-state index contributed by atoms with van der Waals surface area (Å²) in [5.41, 5.74) is 0. The maximum absolute atomic E-state index is 10.8. The molecule has 2 rings (SSSR count). The van der Waals surface area contributed by atoms with Crippen LogP contribution in [0.2, 0.25) is 10.0 Å². The molecule has 1 heterocycles. The molecule has 1 fully saturated rings. The molecule has 6 heteroatoms. The number of carboxylic acid groups (broad SMARTS) is 1. The molecule has 1 aliphatic heterocycles. The summed E-state index contributed by atoms with van der Waals surface area (Å²) in [6, 6.07) is 5.09. The first-order valence-corrected chi connectivity index (χ1v) is 6.85. The lowest BCUT2D eigenvalue weighted by atomic mass is 10.1. The molecule has 0 aromatic heterocycles. The van der Waals surface area contributed by atoms with E-state index in [9.17, 15) is 4.79 Å². The van der Waals surface area contributed by atoms with Crippen molar-refractivity contribution in [2.45, 2.75) is 6.42 Å². The van der Waals surface area contributed by atoms with Gasteiger partial charge in [0.25, 0.3) is 0 Å². The van der Waals surface area contributed by atoms with Gasteiger partial charge in [-0.25, -0.2) is 0 Å². The van der Waals surface area contributed by atoms with E-state index in [1.807, 2.05) is 0 Å². The van der Waals surface area contributed by atoms with Gasteiger partial charge in [-0.3, -0.25) is 9.69 Å². The smallest absolute Gasteiger partial charge is 0.307 e. The second kappa shape index (κ2) is 6.46. The molecule has 0 bridgehead atoms. The Morgan fingerprint density at radius 3 is 2.89 bits per heavy atom. The highest BCUT2D eigenvalue weighted by Crippen LogP contribution is 2.27. The molecule has 0 radical (unpaired) electrons. The number of likely N-dealkylation sites (tertiary alicyclic amines) is 1. The number of hydrogen-bond donors (Lipinski definition) is 1. The summed E-state index contributed by atoms with van der Waals surface area (Å²) in [6.45, 7) is 2.57. The van der Waals surface area contributed by atoms with Crippen molar-refractivity contribution in [3.63, 3.8) is 0 Å². The van der Waals surface area contributed by atoms with E-state index in [0.717, 1.165) is 6.54 Å². The van der Waals surface area contributed by atoms with Gasteiger partial charge in [0.1, 0.15) is 12.4 Å². The van der Waals surface area contributed by atoms with Crippen LogP contribution in [0.4, 0.5) is 0 Å². The van der Waals surface area contributed by atoms with Crippen LogP contribution in [0, 0.1) is 5.92 Å². The highest BCUT2D eigenvalue weighted by Gasteiger charge is 2.27. The maximum atomic E-state index is 10.8. The Labute approximate surface area is 121 Å². The van der Waals surface area contributed by atoms with Crippen molar-refractivity contribution in [3.8, 4) is 5.75 Å². The SMILES string of the molecule is O=C(O)[C@@H]1CCN(CCOc2ccc(Cl)cc2Cl)C1. The van der Waals surface area contributed by atoms with Crippen LogP contribution in [0.15, 0.2) is 18.2 Å². The van der Waals surface area contributed by atoms with Crippen molar-refractivity contribution in [2.24, 2.45) is 5.92 Å². The van der Waals surface area contributed by atoms with Crippen LogP contribution in [0.5, 0.6) is 5.75 Å². The summed E-state index contributed by atoms with van der Waals surface area (Å²) >= 11 is 11.8. The van der Waals surface area contributed by atoms with E-state index in [2.05, 4.69) is 4.90 Å². The van der Waals surface area contributed by atoms with Gasteiger partial charge < -0.3 is 9.84 Å². The van der Waals surface area contributed by atoms with Gasteiger partial charge in [-0.15, -0.1) is 0 Å². The fourth-order valence-electron chi connectivity index (χ4n) is 2.11. The number of ether oxygens (including phenoxy) is 1. The summed E-state index contributed by atoms with van der Waals surface area (Å²) in [6.07, 6.45) is 0.705. The van der Waals surface area contributed by atoms with Gasteiger partial charge in [0.15, 0.2) is 0 Å². The molecule has 0 saturated carbocycles. The van der Waals surface area contributed by atoms with Crippen LogP contribution in [0.1, 0.15) is 6.42 Å². The fraction of sp³-hybridized carbons (Fsp3) is 0.462. The summed E-state index contributed by atoms with van der Waals surface area (Å²) in [7, 11) is 0. The Hall–Kier alpha value is -0.970. The van der Waals surface area contributed by atoms with Gasteiger partial charge >= 0.3 is 5.97 Å². The van der Waals surface area contributed by atoms with Gasteiger partial charge in [-0.2, -0.15) is 0 Å². The van der Waals surface area contributed by atoms with Crippen LogP contribution in [0.25, 0.3) is 0 Å². The molecule has 0 spiro atoms. The van der Waals surface area contributed by atoms with Gasteiger partial charge in [0.2, 0.25) is 0 Å². The minimum Gasteiger partial charge on any atom is -0.491 e. The number of rotatable bonds is 5. The van der Waals surface area contributed by atoms with E-state index >= 15 is 0 Å². The van der Waals surface area contributed by atoms with E-state index in [4.69, 9.17) is 33.0 Å². The molecule has 1 saturated heterocycles. The number of nitrogens with zero attached hydrogens (tertiary/aromatic N) is 1. The lowest BCUT2D eigenvalue weighted by molar-refractivity contribution is -0.141. The number of aliphatic carboxylic acids is 1. The van der Waals surface area contributed by atoms with Gasteiger partial charge in [0, 0.05) is 18.1 Å². The first-order chi connectivity index (χ1) is 9.06. The molecule has 4 nitrogen and oxygen atoms in total. The van der Waals surface area contributed by atoms with Crippen LogP contribution in [-0.2, 0) is 4.79 Å². The van der Waals surface area contributed by atoms with Crippen LogP contribution in [-0.4, -0.2) is 42.2 Å². The van der Waals surface area contributed by atoms with Crippen molar-refractivity contribution >= 4 is 29.2 Å². The first-order valence-electron chi connectivity index (χ1n) is 6.09. The third-order valence-corrected chi connectivity index (χ3v) is 3.71. The van der Waals surface area contributed by atoms with E-state index in [0.29, 0.717) is 41.9 Å².